The molecule has 5 heteroatoms. The fourth-order valence-corrected chi connectivity index (χ4v) is 3.07. The second kappa shape index (κ2) is 7.92. The standard InChI is InChI=1S/C16H25NO3S/c1-16(18,12-17)7-2-3-10-21-13-5-6-14-15(11-13)20-9-4-8-19-14/h5-6,11,18H,2-4,7-10,12,17H2,1H3. The van der Waals surface area contributed by atoms with Gasteiger partial charge in [-0.15, -0.1) is 11.8 Å². The molecule has 21 heavy (non-hydrogen) atoms. The van der Waals surface area contributed by atoms with Crippen LogP contribution in [0.5, 0.6) is 11.5 Å². The molecule has 4 nitrogen and oxygen atoms in total. The van der Waals surface area contributed by atoms with Crippen molar-refractivity contribution in [3.63, 3.8) is 0 Å². The van der Waals surface area contributed by atoms with Gasteiger partial charge in [0.15, 0.2) is 11.5 Å². The first kappa shape index (κ1) is 16.5. The molecule has 0 aromatic heterocycles. The molecule has 0 aliphatic carbocycles. The summed E-state index contributed by atoms with van der Waals surface area (Å²) in [6.07, 6.45) is 3.74. The molecule has 1 aliphatic heterocycles. The van der Waals surface area contributed by atoms with Crippen molar-refractivity contribution in [3.05, 3.63) is 18.2 Å². The van der Waals surface area contributed by atoms with E-state index in [4.69, 9.17) is 15.2 Å². The van der Waals surface area contributed by atoms with Gasteiger partial charge in [0.25, 0.3) is 0 Å². The summed E-state index contributed by atoms with van der Waals surface area (Å²) >= 11 is 1.81. The monoisotopic (exact) mass is 311 g/mol. The van der Waals surface area contributed by atoms with Gasteiger partial charge in [-0.3, -0.25) is 0 Å². The summed E-state index contributed by atoms with van der Waals surface area (Å²) in [5.41, 5.74) is 4.79. The van der Waals surface area contributed by atoms with Gasteiger partial charge in [0.05, 0.1) is 18.8 Å². The Morgan fingerprint density at radius 2 is 2.00 bits per heavy atom. The molecule has 0 fully saturated rings. The SMILES string of the molecule is CC(O)(CN)CCCCSc1ccc2c(c1)OCCCO2. The third kappa shape index (κ3) is 5.41. The molecule has 1 unspecified atom stereocenters. The van der Waals surface area contributed by atoms with Crippen LogP contribution in [0.1, 0.15) is 32.6 Å². The maximum Gasteiger partial charge on any atom is 0.162 e. The highest BCUT2D eigenvalue weighted by Gasteiger charge is 2.16. The number of benzene rings is 1. The largest absolute Gasteiger partial charge is 0.490 e. The summed E-state index contributed by atoms with van der Waals surface area (Å²) in [6, 6.07) is 6.12. The minimum Gasteiger partial charge on any atom is -0.490 e. The first-order valence-electron chi connectivity index (χ1n) is 7.56. The molecule has 0 saturated carbocycles. The lowest BCUT2D eigenvalue weighted by Crippen LogP contribution is -2.33. The minimum atomic E-state index is -0.722. The quantitative estimate of drug-likeness (QED) is 0.599. The minimum absolute atomic E-state index is 0.322. The van der Waals surface area contributed by atoms with Crippen LogP contribution in [0.4, 0.5) is 0 Å². The van der Waals surface area contributed by atoms with Gasteiger partial charge >= 0.3 is 0 Å². The normalized spacial score (nSPS) is 17.1. The van der Waals surface area contributed by atoms with E-state index in [9.17, 15) is 5.11 Å². The highest BCUT2D eigenvalue weighted by Crippen LogP contribution is 2.34. The Balaban J connectivity index is 1.75. The Morgan fingerprint density at radius 3 is 2.76 bits per heavy atom. The van der Waals surface area contributed by atoms with Crippen LogP contribution >= 0.6 is 11.8 Å². The molecule has 1 aromatic rings. The number of hydrogen-bond acceptors (Lipinski definition) is 5. The first-order valence-corrected chi connectivity index (χ1v) is 8.54. The topological polar surface area (TPSA) is 64.7 Å². The Bertz CT molecular complexity index is 451. The van der Waals surface area contributed by atoms with E-state index in [-0.39, 0.29) is 0 Å². The Kier molecular flexibility index (Phi) is 6.21. The summed E-state index contributed by atoms with van der Waals surface area (Å²) in [5, 5.41) is 9.84. The van der Waals surface area contributed by atoms with E-state index in [1.54, 1.807) is 6.92 Å². The van der Waals surface area contributed by atoms with Crippen molar-refractivity contribution in [3.8, 4) is 11.5 Å². The lowest BCUT2D eigenvalue weighted by atomic mass is 10.00. The van der Waals surface area contributed by atoms with E-state index < -0.39 is 5.60 Å². The average molecular weight is 311 g/mol. The number of rotatable bonds is 7. The number of aliphatic hydroxyl groups is 1. The zero-order chi connectivity index (χ0) is 15.1. The second-order valence-electron chi connectivity index (χ2n) is 5.67. The van der Waals surface area contributed by atoms with Crippen molar-refractivity contribution < 1.29 is 14.6 Å². The number of fused-ring (bicyclic) bond motifs is 1. The van der Waals surface area contributed by atoms with E-state index in [0.717, 1.165) is 56.1 Å². The average Bonchev–Trinajstić information content (AvgIpc) is 2.71. The Morgan fingerprint density at radius 1 is 1.24 bits per heavy atom. The summed E-state index contributed by atoms with van der Waals surface area (Å²) in [5.74, 6) is 2.72. The Hall–Kier alpha value is -0.910. The highest BCUT2D eigenvalue weighted by molar-refractivity contribution is 7.99. The Labute approximate surface area is 131 Å². The fourth-order valence-electron chi connectivity index (χ4n) is 2.13. The lowest BCUT2D eigenvalue weighted by molar-refractivity contribution is 0.0577. The van der Waals surface area contributed by atoms with Crippen molar-refractivity contribution in [1.29, 1.82) is 0 Å². The van der Waals surface area contributed by atoms with E-state index in [1.165, 1.54) is 4.90 Å². The smallest absolute Gasteiger partial charge is 0.162 e. The second-order valence-corrected chi connectivity index (χ2v) is 6.83. The van der Waals surface area contributed by atoms with Gasteiger partial charge in [0.1, 0.15) is 0 Å². The van der Waals surface area contributed by atoms with Gasteiger partial charge in [0.2, 0.25) is 0 Å². The fraction of sp³-hybridized carbons (Fsp3) is 0.625. The summed E-state index contributed by atoms with van der Waals surface area (Å²) < 4.78 is 11.3. The maximum absolute atomic E-state index is 9.84. The van der Waals surface area contributed by atoms with Crippen LogP contribution in [0, 0.1) is 0 Å². The first-order chi connectivity index (χ1) is 10.1. The summed E-state index contributed by atoms with van der Waals surface area (Å²) in [4.78, 5) is 1.20. The number of thioether (sulfide) groups is 1. The zero-order valence-electron chi connectivity index (χ0n) is 12.6. The molecule has 0 radical (unpaired) electrons. The van der Waals surface area contributed by atoms with Crippen LogP contribution in [0.15, 0.2) is 23.1 Å². The summed E-state index contributed by atoms with van der Waals surface area (Å²) in [7, 11) is 0. The van der Waals surface area contributed by atoms with E-state index in [0.29, 0.717) is 6.54 Å². The molecule has 2 rings (SSSR count). The van der Waals surface area contributed by atoms with Crippen LogP contribution in [0.3, 0.4) is 0 Å². The predicted molar refractivity (Wildman–Crippen MR) is 86.3 cm³/mol. The third-order valence-electron chi connectivity index (χ3n) is 3.54. The van der Waals surface area contributed by atoms with Gasteiger partial charge in [-0.2, -0.15) is 0 Å². The van der Waals surface area contributed by atoms with Gasteiger partial charge in [0, 0.05) is 17.9 Å². The van der Waals surface area contributed by atoms with Crippen molar-refractivity contribution in [2.45, 2.75) is 43.1 Å². The van der Waals surface area contributed by atoms with Crippen molar-refractivity contribution >= 4 is 11.8 Å². The molecule has 1 aliphatic rings. The highest BCUT2D eigenvalue weighted by atomic mass is 32.2. The molecule has 0 bridgehead atoms. The molecule has 3 N–H and O–H groups in total. The van der Waals surface area contributed by atoms with Crippen molar-refractivity contribution in [1.82, 2.24) is 0 Å². The molecule has 1 aromatic carbocycles. The van der Waals surface area contributed by atoms with Crippen LogP contribution in [0.2, 0.25) is 0 Å². The number of hydrogen-bond donors (Lipinski definition) is 2. The molecule has 0 amide bonds. The lowest BCUT2D eigenvalue weighted by Gasteiger charge is -2.20. The van der Waals surface area contributed by atoms with Gasteiger partial charge in [-0.25, -0.2) is 0 Å². The van der Waals surface area contributed by atoms with Crippen LogP contribution in [-0.4, -0.2) is 36.2 Å². The number of nitrogens with two attached hydrogens (primary N) is 1. The van der Waals surface area contributed by atoms with Crippen LogP contribution < -0.4 is 15.2 Å². The maximum atomic E-state index is 9.84. The van der Waals surface area contributed by atoms with E-state index in [1.807, 2.05) is 17.8 Å². The van der Waals surface area contributed by atoms with Crippen LogP contribution in [0.25, 0.3) is 0 Å². The number of ether oxygens (including phenoxy) is 2. The van der Waals surface area contributed by atoms with Gasteiger partial charge in [-0.1, -0.05) is 0 Å². The predicted octanol–water partition coefficient (Wildman–Crippen LogP) is 2.82. The molecule has 0 saturated heterocycles. The van der Waals surface area contributed by atoms with E-state index >= 15 is 0 Å². The molecular weight excluding hydrogens is 286 g/mol. The third-order valence-corrected chi connectivity index (χ3v) is 4.62. The van der Waals surface area contributed by atoms with Gasteiger partial charge < -0.3 is 20.3 Å². The van der Waals surface area contributed by atoms with Crippen molar-refractivity contribution in [2.24, 2.45) is 5.73 Å². The summed E-state index contributed by atoms with van der Waals surface area (Å²) in [6.45, 7) is 3.56. The zero-order valence-corrected chi connectivity index (χ0v) is 13.5. The molecule has 0 spiro atoms. The number of unbranched alkanes of at least 4 members (excludes halogenated alkanes) is 1. The van der Waals surface area contributed by atoms with Crippen molar-refractivity contribution in [2.75, 3.05) is 25.5 Å². The van der Waals surface area contributed by atoms with E-state index in [2.05, 4.69) is 12.1 Å². The molecular formula is C16H25NO3S. The molecule has 1 atom stereocenters. The molecule has 1 heterocycles. The van der Waals surface area contributed by atoms with Crippen LogP contribution in [-0.2, 0) is 0 Å². The van der Waals surface area contributed by atoms with Gasteiger partial charge in [-0.05, 0) is 50.1 Å². The molecule has 118 valence electrons.